The van der Waals surface area contributed by atoms with Gasteiger partial charge in [0.25, 0.3) is 5.69 Å². The fraction of sp³-hybridized carbons (Fsp3) is 0.364. The number of nitro groups is 1. The minimum absolute atomic E-state index is 0.00972. The lowest BCUT2D eigenvalue weighted by Gasteiger charge is -2.10. The number of carboxylic acid groups (broad SMARTS) is 1. The van der Waals surface area contributed by atoms with Gasteiger partial charge in [0.05, 0.1) is 15.4 Å². The monoisotopic (exact) mass is 255 g/mol. The maximum atomic E-state index is 11.0. The average Bonchev–Trinajstić information content (AvgIpc) is 2.28. The Kier molecular flexibility index (Phi) is 4.51. The number of nitrogens with zero attached hydrogens (tertiary/aromatic N) is 1. The molecular weight excluding hydrogens is 242 g/mol. The molecule has 0 heterocycles. The van der Waals surface area contributed by atoms with Crippen LogP contribution in [0.2, 0.25) is 0 Å². The van der Waals surface area contributed by atoms with Gasteiger partial charge in [0.2, 0.25) is 0 Å². The van der Waals surface area contributed by atoms with Gasteiger partial charge in [0, 0.05) is 11.3 Å². The van der Waals surface area contributed by atoms with Crippen molar-refractivity contribution in [3.05, 3.63) is 33.9 Å². The highest BCUT2D eigenvalue weighted by molar-refractivity contribution is 8.00. The average molecular weight is 255 g/mol. The number of benzene rings is 1. The van der Waals surface area contributed by atoms with Crippen molar-refractivity contribution in [2.24, 2.45) is 0 Å². The van der Waals surface area contributed by atoms with Crippen molar-refractivity contribution in [3.63, 3.8) is 0 Å². The molecule has 0 saturated carbocycles. The van der Waals surface area contributed by atoms with Crippen LogP contribution in [0, 0.1) is 10.1 Å². The molecule has 0 amide bonds. The number of aromatic carboxylic acids is 1. The zero-order chi connectivity index (χ0) is 13.0. The summed E-state index contributed by atoms with van der Waals surface area (Å²) in [7, 11) is 0. The van der Waals surface area contributed by atoms with Gasteiger partial charge in [-0.1, -0.05) is 19.9 Å². The van der Waals surface area contributed by atoms with Crippen LogP contribution < -0.4 is 0 Å². The normalized spacial score (nSPS) is 12.1. The van der Waals surface area contributed by atoms with E-state index in [1.807, 2.05) is 13.8 Å². The smallest absolute Gasteiger partial charge is 0.337 e. The Morgan fingerprint density at radius 2 is 2.24 bits per heavy atom. The van der Waals surface area contributed by atoms with Crippen molar-refractivity contribution < 1.29 is 14.8 Å². The summed E-state index contributed by atoms with van der Waals surface area (Å²) in [5.74, 6) is -1.14. The van der Waals surface area contributed by atoms with E-state index < -0.39 is 10.9 Å². The molecule has 1 aromatic rings. The Labute approximate surface area is 103 Å². The lowest BCUT2D eigenvalue weighted by molar-refractivity contribution is -0.387. The summed E-state index contributed by atoms with van der Waals surface area (Å²) in [6, 6.07) is 4.11. The third kappa shape index (κ3) is 3.20. The molecule has 0 aliphatic heterocycles. The van der Waals surface area contributed by atoms with E-state index in [-0.39, 0.29) is 21.4 Å². The number of thioether (sulfide) groups is 1. The number of nitro benzene ring substituents is 1. The molecule has 0 saturated heterocycles. The molecule has 0 aliphatic rings. The Morgan fingerprint density at radius 1 is 1.59 bits per heavy atom. The predicted molar refractivity (Wildman–Crippen MR) is 65.7 cm³/mol. The van der Waals surface area contributed by atoms with Crippen LogP contribution in [-0.2, 0) is 0 Å². The summed E-state index contributed by atoms with van der Waals surface area (Å²) in [5, 5.41) is 20.0. The molecule has 1 atom stereocenters. The highest BCUT2D eigenvalue weighted by Gasteiger charge is 2.22. The molecule has 1 unspecified atom stereocenters. The van der Waals surface area contributed by atoms with Gasteiger partial charge >= 0.3 is 5.97 Å². The number of hydrogen-bond donors (Lipinski definition) is 1. The van der Waals surface area contributed by atoms with Crippen molar-refractivity contribution in [2.75, 3.05) is 0 Å². The number of carboxylic acids is 1. The second-order valence-corrected chi connectivity index (χ2v) is 5.00. The number of rotatable bonds is 5. The van der Waals surface area contributed by atoms with Crippen molar-refractivity contribution in [1.29, 1.82) is 0 Å². The molecule has 0 spiro atoms. The fourth-order valence-electron chi connectivity index (χ4n) is 1.25. The van der Waals surface area contributed by atoms with Crippen molar-refractivity contribution in [2.45, 2.75) is 30.4 Å². The molecule has 6 heteroatoms. The van der Waals surface area contributed by atoms with Gasteiger partial charge in [-0.3, -0.25) is 10.1 Å². The summed E-state index contributed by atoms with van der Waals surface area (Å²) >= 11 is 1.23. The molecule has 1 N–H and O–H groups in total. The highest BCUT2D eigenvalue weighted by Crippen LogP contribution is 2.36. The van der Waals surface area contributed by atoms with E-state index in [9.17, 15) is 14.9 Å². The fourth-order valence-corrected chi connectivity index (χ4v) is 2.36. The number of carbonyl (C=O) groups is 1. The minimum Gasteiger partial charge on any atom is -0.478 e. The summed E-state index contributed by atoms with van der Waals surface area (Å²) in [5.41, 5.74) is -0.153. The van der Waals surface area contributed by atoms with E-state index in [4.69, 9.17) is 5.11 Å². The van der Waals surface area contributed by atoms with Crippen LogP contribution >= 0.6 is 11.8 Å². The SMILES string of the molecule is CCC(C)Sc1c(C(=O)O)cccc1[N+](=O)[O-]. The Balaban J connectivity index is 3.28. The van der Waals surface area contributed by atoms with Gasteiger partial charge in [-0.2, -0.15) is 0 Å². The lowest BCUT2D eigenvalue weighted by atomic mass is 10.2. The lowest BCUT2D eigenvalue weighted by Crippen LogP contribution is -2.04. The van der Waals surface area contributed by atoms with Crippen LogP contribution in [-0.4, -0.2) is 21.2 Å². The number of hydrogen-bond acceptors (Lipinski definition) is 4. The first kappa shape index (κ1) is 13.5. The first-order chi connectivity index (χ1) is 7.97. The van der Waals surface area contributed by atoms with E-state index in [0.29, 0.717) is 0 Å². The summed E-state index contributed by atoms with van der Waals surface area (Å²) in [6.45, 7) is 3.86. The van der Waals surface area contributed by atoms with Gasteiger partial charge in [-0.05, 0) is 12.5 Å². The first-order valence-corrected chi connectivity index (χ1v) is 6.02. The van der Waals surface area contributed by atoms with Gasteiger partial charge < -0.3 is 5.11 Å². The summed E-state index contributed by atoms with van der Waals surface area (Å²) in [4.78, 5) is 21.6. The molecule has 1 aromatic carbocycles. The van der Waals surface area contributed by atoms with Gasteiger partial charge in [-0.25, -0.2) is 4.79 Å². The minimum atomic E-state index is -1.14. The predicted octanol–water partition coefficient (Wildman–Crippen LogP) is 3.18. The molecule has 0 fully saturated rings. The molecule has 0 aromatic heterocycles. The first-order valence-electron chi connectivity index (χ1n) is 5.14. The van der Waals surface area contributed by atoms with E-state index in [2.05, 4.69) is 0 Å². The van der Waals surface area contributed by atoms with E-state index in [1.165, 1.54) is 30.0 Å². The Morgan fingerprint density at radius 3 is 2.71 bits per heavy atom. The van der Waals surface area contributed by atoms with Crippen LogP contribution in [0.3, 0.4) is 0 Å². The standard InChI is InChI=1S/C11H13NO4S/c1-3-7(2)17-10-8(11(13)14)5-4-6-9(10)12(15)16/h4-7H,3H2,1-2H3,(H,13,14). The summed E-state index contributed by atoms with van der Waals surface area (Å²) in [6.07, 6.45) is 0.815. The molecule has 5 nitrogen and oxygen atoms in total. The largest absolute Gasteiger partial charge is 0.478 e. The van der Waals surface area contributed by atoms with Gasteiger partial charge in [-0.15, -0.1) is 11.8 Å². The zero-order valence-corrected chi connectivity index (χ0v) is 10.4. The molecule has 1 rings (SSSR count). The van der Waals surface area contributed by atoms with Crippen molar-refractivity contribution in [1.82, 2.24) is 0 Å². The molecule has 92 valence electrons. The van der Waals surface area contributed by atoms with Gasteiger partial charge in [0.15, 0.2) is 0 Å². The summed E-state index contributed by atoms with van der Waals surface area (Å²) < 4.78 is 0. The van der Waals surface area contributed by atoms with Crippen molar-refractivity contribution >= 4 is 23.4 Å². The van der Waals surface area contributed by atoms with Crippen LogP contribution in [0.25, 0.3) is 0 Å². The van der Waals surface area contributed by atoms with E-state index in [1.54, 1.807) is 0 Å². The van der Waals surface area contributed by atoms with Crippen LogP contribution in [0.1, 0.15) is 30.6 Å². The van der Waals surface area contributed by atoms with Crippen molar-refractivity contribution in [3.8, 4) is 0 Å². The topological polar surface area (TPSA) is 80.4 Å². The van der Waals surface area contributed by atoms with E-state index in [0.717, 1.165) is 6.42 Å². The maximum Gasteiger partial charge on any atom is 0.337 e. The quantitative estimate of drug-likeness (QED) is 0.496. The Bertz CT molecular complexity index is 415. The third-order valence-corrected chi connectivity index (χ3v) is 3.72. The second-order valence-electron chi connectivity index (χ2n) is 3.55. The molecule has 0 aliphatic carbocycles. The zero-order valence-electron chi connectivity index (χ0n) is 9.54. The van der Waals surface area contributed by atoms with Crippen LogP contribution in [0.5, 0.6) is 0 Å². The van der Waals surface area contributed by atoms with Gasteiger partial charge in [0.1, 0.15) is 0 Å². The molecule has 17 heavy (non-hydrogen) atoms. The molecule has 0 radical (unpaired) electrons. The Hall–Kier alpha value is -1.56. The molecule has 0 bridgehead atoms. The molecular formula is C11H13NO4S. The van der Waals surface area contributed by atoms with Crippen LogP contribution in [0.4, 0.5) is 5.69 Å². The second kappa shape index (κ2) is 5.67. The third-order valence-electron chi connectivity index (χ3n) is 2.32. The van der Waals surface area contributed by atoms with E-state index >= 15 is 0 Å². The highest BCUT2D eigenvalue weighted by atomic mass is 32.2. The maximum absolute atomic E-state index is 11.0. The van der Waals surface area contributed by atoms with Crippen LogP contribution in [0.15, 0.2) is 23.1 Å².